The van der Waals surface area contributed by atoms with Crippen LogP contribution in [0.15, 0.2) is 12.3 Å². The highest BCUT2D eigenvalue weighted by Crippen LogP contribution is 2.19. The summed E-state index contributed by atoms with van der Waals surface area (Å²) in [6.07, 6.45) is 2.12. The minimum absolute atomic E-state index is 0.0105. The lowest BCUT2D eigenvalue weighted by Gasteiger charge is -2.05. The van der Waals surface area contributed by atoms with Crippen LogP contribution in [0, 0.1) is 6.92 Å². The smallest absolute Gasteiger partial charge is 0.225 e. The lowest BCUT2D eigenvalue weighted by atomic mass is 10.2. The molecule has 0 aliphatic rings. The molecular formula is C13H19N5O. The van der Waals surface area contributed by atoms with Gasteiger partial charge in [-0.05, 0) is 19.5 Å². The summed E-state index contributed by atoms with van der Waals surface area (Å²) in [6, 6.07) is 1.91. The molecule has 0 fully saturated rings. The molecule has 102 valence electrons. The van der Waals surface area contributed by atoms with Gasteiger partial charge in [-0.1, -0.05) is 6.92 Å². The van der Waals surface area contributed by atoms with Gasteiger partial charge in [0, 0.05) is 25.4 Å². The number of hydrogen-bond donors (Lipinski definition) is 2. The summed E-state index contributed by atoms with van der Waals surface area (Å²) in [5.41, 5.74) is 2.45. The van der Waals surface area contributed by atoms with Crippen molar-refractivity contribution >= 4 is 22.6 Å². The number of aromatic nitrogens is 3. The van der Waals surface area contributed by atoms with Crippen molar-refractivity contribution in [3.8, 4) is 0 Å². The highest BCUT2D eigenvalue weighted by atomic mass is 16.1. The van der Waals surface area contributed by atoms with E-state index in [4.69, 9.17) is 0 Å². The first kappa shape index (κ1) is 13.5. The minimum atomic E-state index is -0.0105. The van der Waals surface area contributed by atoms with Crippen molar-refractivity contribution in [2.75, 3.05) is 18.4 Å². The van der Waals surface area contributed by atoms with E-state index in [0.717, 1.165) is 23.3 Å². The predicted octanol–water partition coefficient (Wildman–Crippen LogP) is 1.21. The molecule has 0 aliphatic heterocycles. The van der Waals surface area contributed by atoms with Gasteiger partial charge < -0.3 is 10.6 Å². The van der Waals surface area contributed by atoms with E-state index in [1.165, 1.54) is 0 Å². The molecule has 6 nitrogen and oxygen atoms in total. The van der Waals surface area contributed by atoms with Crippen molar-refractivity contribution in [2.45, 2.75) is 20.3 Å². The summed E-state index contributed by atoms with van der Waals surface area (Å²) in [5, 5.41) is 11.2. The Morgan fingerprint density at radius 1 is 1.47 bits per heavy atom. The maximum atomic E-state index is 11.7. The first-order valence-corrected chi connectivity index (χ1v) is 6.41. The molecule has 6 heteroatoms. The number of pyridine rings is 1. The molecule has 2 heterocycles. The van der Waals surface area contributed by atoms with Crippen LogP contribution < -0.4 is 10.6 Å². The molecular weight excluding hydrogens is 242 g/mol. The fourth-order valence-corrected chi connectivity index (χ4v) is 1.98. The van der Waals surface area contributed by atoms with E-state index < -0.39 is 0 Å². The van der Waals surface area contributed by atoms with Crippen LogP contribution in [0.5, 0.6) is 0 Å². The van der Waals surface area contributed by atoms with Gasteiger partial charge in [-0.2, -0.15) is 5.10 Å². The molecule has 0 spiro atoms. The average molecular weight is 261 g/mol. The summed E-state index contributed by atoms with van der Waals surface area (Å²) in [7, 11) is 1.86. The second-order valence-electron chi connectivity index (χ2n) is 4.46. The molecule has 2 aromatic heterocycles. The zero-order valence-electron chi connectivity index (χ0n) is 11.5. The van der Waals surface area contributed by atoms with Crippen LogP contribution in [0.3, 0.4) is 0 Å². The molecule has 19 heavy (non-hydrogen) atoms. The highest BCUT2D eigenvalue weighted by molar-refractivity contribution is 5.93. The maximum absolute atomic E-state index is 11.7. The van der Waals surface area contributed by atoms with Gasteiger partial charge in [-0.3, -0.25) is 9.48 Å². The van der Waals surface area contributed by atoms with Crippen LogP contribution in [0.4, 0.5) is 5.69 Å². The van der Waals surface area contributed by atoms with Crippen LogP contribution in [0.1, 0.15) is 19.0 Å². The Kier molecular flexibility index (Phi) is 4.11. The highest BCUT2D eigenvalue weighted by Gasteiger charge is 2.08. The predicted molar refractivity (Wildman–Crippen MR) is 75.0 cm³/mol. The largest absolute Gasteiger partial charge is 0.325 e. The SMILES string of the molecule is CCNCCC(=O)Nc1cnc2c(c1)c(C)nn2C. The van der Waals surface area contributed by atoms with Crippen molar-refractivity contribution in [1.82, 2.24) is 20.1 Å². The van der Waals surface area contributed by atoms with E-state index in [9.17, 15) is 4.79 Å². The fraction of sp³-hybridized carbons (Fsp3) is 0.462. The van der Waals surface area contributed by atoms with Gasteiger partial charge in [-0.15, -0.1) is 0 Å². The van der Waals surface area contributed by atoms with Crippen LogP contribution in [0.2, 0.25) is 0 Å². The van der Waals surface area contributed by atoms with E-state index >= 15 is 0 Å². The van der Waals surface area contributed by atoms with Gasteiger partial charge in [0.2, 0.25) is 5.91 Å². The average Bonchev–Trinajstić information content (AvgIpc) is 2.65. The Morgan fingerprint density at radius 3 is 3.00 bits per heavy atom. The minimum Gasteiger partial charge on any atom is -0.325 e. The molecule has 0 aliphatic carbocycles. The normalized spacial score (nSPS) is 10.9. The molecule has 1 amide bonds. The number of nitrogens with zero attached hydrogens (tertiary/aromatic N) is 3. The third-order valence-electron chi connectivity index (χ3n) is 2.93. The van der Waals surface area contributed by atoms with Gasteiger partial charge >= 0.3 is 0 Å². The third kappa shape index (κ3) is 3.08. The van der Waals surface area contributed by atoms with Crippen LogP contribution >= 0.6 is 0 Å². The molecule has 0 unspecified atom stereocenters. The van der Waals surface area contributed by atoms with Crippen LogP contribution in [-0.2, 0) is 11.8 Å². The molecule has 0 saturated heterocycles. The number of aryl methyl sites for hydroxylation is 2. The van der Waals surface area contributed by atoms with E-state index in [-0.39, 0.29) is 5.91 Å². The van der Waals surface area contributed by atoms with E-state index in [1.54, 1.807) is 10.9 Å². The number of nitrogens with one attached hydrogen (secondary N) is 2. The zero-order valence-corrected chi connectivity index (χ0v) is 11.5. The lowest BCUT2D eigenvalue weighted by molar-refractivity contribution is -0.116. The summed E-state index contributed by atoms with van der Waals surface area (Å²) < 4.78 is 1.74. The van der Waals surface area contributed by atoms with Gasteiger partial charge in [-0.25, -0.2) is 4.98 Å². The number of fused-ring (bicyclic) bond motifs is 1. The van der Waals surface area contributed by atoms with Crippen LogP contribution in [0.25, 0.3) is 11.0 Å². The molecule has 0 aromatic carbocycles. The Hall–Kier alpha value is -1.95. The van der Waals surface area contributed by atoms with E-state index in [1.807, 2.05) is 27.0 Å². The molecule has 0 saturated carbocycles. The molecule has 2 N–H and O–H groups in total. The van der Waals surface area contributed by atoms with Crippen molar-refractivity contribution in [3.63, 3.8) is 0 Å². The second-order valence-corrected chi connectivity index (χ2v) is 4.46. The van der Waals surface area contributed by atoms with Crippen molar-refractivity contribution in [3.05, 3.63) is 18.0 Å². The lowest BCUT2D eigenvalue weighted by Crippen LogP contribution is -2.21. The Bertz CT molecular complexity index is 590. The Morgan fingerprint density at radius 2 is 2.26 bits per heavy atom. The number of rotatable bonds is 5. The first-order chi connectivity index (χ1) is 9.11. The summed E-state index contributed by atoms with van der Waals surface area (Å²) >= 11 is 0. The number of amides is 1. The third-order valence-corrected chi connectivity index (χ3v) is 2.93. The number of carbonyl (C=O) groups is 1. The van der Waals surface area contributed by atoms with E-state index in [0.29, 0.717) is 18.7 Å². The molecule has 0 atom stereocenters. The van der Waals surface area contributed by atoms with Crippen molar-refractivity contribution in [2.24, 2.45) is 7.05 Å². The summed E-state index contributed by atoms with van der Waals surface area (Å²) in [5.74, 6) is -0.0105. The quantitative estimate of drug-likeness (QED) is 0.794. The van der Waals surface area contributed by atoms with Gasteiger partial charge in [0.25, 0.3) is 0 Å². The first-order valence-electron chi connectivity index (χ1n) is 6.41. The Balaban J connectivity index is 2.09. The number of carbonyl (C=O) groups excluding carboxylic acids is 1. The van der Waals surface area contributed by atoms with Crippen LogP contribution in [-0.4, -0.2) is 33.8 Å². The summed E-state index contributed by atoms with van der Waals surface area (Å²) in [4.78, 5) is 16.0. The Labute approximate surface area is 112 Å². The van der Waals surface area contributed by atoms with Crippen molar-refractivity contribution in [1.29, 1.82) is 0 Å². The standard InChI is InChI=1S/C13H19N5O/c1-4-14-6-5-12(19)16-10-7-11-9(2)17-18(3)13(11)15-8-10/h7-8,14H,4-6H2,1-3H3,(H,16,19). The zero-order chi connectivity index (χ0) is 13.8. The topological polar surface area (TPSA) is 71.8 Å². The van der Waals surface area contributed by atoms with Gasteiger partial charge in [0.15, 0.2) is 5.65 Å². The van der Waals surface area contributed by atoms with Gasteiger partial charge in [0.1, 0.15) is 0 Å². The molecule has 0 radical (unpaired) electrons. The van der Waals surface area contributed by atoms with Crippen molar-refractivity contribution < 1.29 is 4.79 Å². The molecule has 2 aromatic rings. The number of anilines is 1. The second kappa shape index (κ2) is 5.79. The fourth-order valence-electron chi connectivity index (χ4n) is 1.98. The monoisotopic (exact) mass is 261 g/mol. The van der Waals surface area contributed by atoms with Gasteiger partial charge in [0.05, 0.1) is 17.6 Å². The maximum Gasteiger partial charge on any atom is 0.225 e. The molecule has 0 bridgehead atoms. The molecule has 2 rings (SSSR count). The summed E-state index contributed by atoms with van der Waals surface area (Å²) in [6.45, 7) is 5.50. The number of hydrogen-bond acceptors (Lipinski definition) is 4. The van der Waals surface area contributed by atoms with E-state index in [2.05, 4.69) is 20.7 Å².